The SMILES string of the molecule is CCCCCC(CC)Cc1c(C(=O)O)ccc(C(=O)O)c1CC(CC)CCCCC. The van der Waals surface area contributed by atoms with Gasteiger partial charge in [-0.05, 0) is 47.9 Å². The average molecular weight is 419 g/mol. The molecule has 0 aliphatic carbocycles. The van der Waals surface area contributed by atoms with Gasteiger partial charge >= 0.3 is 11.9 Å². The molecule has 2 N–H and O–H groups in total. The molecule has 4 heteroatoms. The normalized spacial score (nSPS) is 13.2. The molecule has 0 amide bonds. The second-order valence-electron chi connectivity index (χ2n) is 8.68. The van der Waals surface area contributed by atoms with Crippen molar-refractivity contribution in [3.8, 4) is 0 Å². The molecule has 170 valence electrons. The third-order valence-electron chi connectivity index (χ3n) is 6.46. The highest BCUT2D eigenvalue weighted by Gasteiger charge is 2.24. The highest BCUT2D eigenvalue weighted by Crippen LogP contribution is 2.30. The molecule has 1 aromatic rings. The van der Waals surface area contributed by atoms with Crippen LogP contribution in [0, 0.1) is 11.8 Å². The number of aromatic carboxylic acids is 2. The van der Waals surface area contributed by atoms with Crippen LogP contribution in [0.3, 0.4) is 0 Å². The van der Waals surface area contributed by atoms with Crippen molar-refractivity contribution in [2.75, 3.05) is 0 Å². The van der Waals surface area contributed by atoms with E-state index in [4.69, 9.17) is 0 Å². The molecule has 0 saturated carbocycles. The highest BCUT2D eigenvalue weighted by atomic mass is 16.4. The lowest BCUT2D eigenvalue weighted by Crippen LogP contribution is -2.18. The Hall–Kier alpha value is -1.84. The number of carbonyl (C=O) groups is 2. The van der Waals surface area contributed by atoms with Gasteiger partial charge in [0.25, 0.3) is 0 Å². The van der Waals surface area contributed by atoms with Crippen LogP contribution in [0.1, 0.15) is 124 Å². The van der Waals surface area contributed by atoms with E-state index in [0.717, 1.165) is 62.5 Å². The third kappa shape index (κ3) is 8.12. The lowest BCUT2D eigenvalue weighted by atomic mass is 9.81. The van der Waals surface area contributed by atoms with E-state index in [1.807, 2.05) is 0 Å². The van der Waals surface area contributed by atoms with E-state index < -0.39 is 11.9 Å². The van der Waals surface area contributed by atoms with E-state index in [1.54, 1.807) is 0 Å². The summed E-state index contributed by atoms with van der Waals surface area (Å²) in [6.45, 7) is 8.66. The topological polar surface area (TPSA) is 74.6 Å². The van der Waals surface area contributed by atoms with Gasteiger partial charge in [-0.25, -0.2) is 9.59 Å². The summed E-state index contributed by atoms with van der Waals surface area (Å²) in [7, 11) is 0. The van der Waals surface area contributed by atoms with Gasteiger partial charge in [0.2, 0.25) is 0 Å². The fourth-order valence-corrected chi connectivity index (χ4v) is 4.40. The average Bonchev–Trinajstić information content (AvgIpc) is 2.72. The van der Waals surface area contributed by atoms with Crippen molar-refractivity contribution in [1.29, 1.82) is 0 Å². The molecule has 0 aliphatic rings. The monoisotopic (exact) mass is 418 g/mol. The molecular formula is C26H42O4. The van der Waals surface area contributed by atoms with Gasteiger partial charge in [-0.3, -0.25) is 0 Å². The van der Waals surface area contributed by atoms with E-state index in [-0.39, 0.29) is 11.1 Å². The fraction of sp³-hybridized carbons (Fsp3) is 0.692. The smallest absolute Gasteiger partial charge is 0.335 e. The first kappa shape index (κ1) is 26.2. The Kier molecular flexibility index (Phi) is 12.4. The largest absolute Gasteiger partial charge is 0.478 e. The van der Waals surface area contributed by atoms with Gasteiger partial charge < -0.3 is 10.2 Å². The van der Waals surface area contributed by atoms with E-state index in [9.17, 15) is 19.8 Å². The molecular weight excluding hydrogens is 376 g/mol. The molecule has 2 atom stereocenters. The predicted octanol–water partition coefficient (Wildman–Crippen LogP) is 7.38. The van der Waals surface area contributed by atoms with E-state index >= 15 is 0 Å². The van der Waals surface area contributed by atoms with Crippen LogP contribution in [-0.4, -0.2) is 22.2 Å². The van der Waals surface area contributed by atoms with Gasteiger partial charge in [-0.1, -0.05) is 91.9 Å². The molecule has 0 heterocycles. The number of carboxylic acids is 2. The summed E-state index contributed by atoms with van der Waals surface area (Å²) in [5, 5.41) is 19.7. The Morgan fingerprint density at radius 3 is 1.33 bits per heavy atom. The summed E-state index contributed by atoms with van der Waals surface area (Å²) in [6.07, 6.45) is 12.4. The Balaban J connectivity index is 3.33. The molecule has 4 nitrogen and oxygen atoms in total. The first-order valence-corrected chi connectivity index (χ1v) is 12.0. The van der Waals surface area contributed by atoms with Crippen molar-refractivity contribution in [2.45, 2.75) is 105 Å². The molecule has 2 unspecified atom stereocenters. The van der Waals surface area contributed by atoms with Gasteiger partial charge in [-0.15, -0.1) is 0 Å². The fourth-order valence-electron chi connectivity index (χ4n) is 4.40. The lowest BCUT2D eigenvalue weighted by molar-refractivity contribution is 0.0678. The number of unbranched alkanes of at least 4 members (excludes halogenated alkanes) is 4. The van der Waals surface area contributed by atoms with E-state index in [0.29, 0.717) is 24.7 Å². The van der Waals surface area contributed by atoms with Crippen LogP contribution in [0.25, 0.3) is 0 Å². The maximum atomic E-state index is 12.0. The van der Waals surface area contributed by atoms with Crippen molar-refractivity contribution < 1.29 is 19.8 Å². The van der Waals surface area contributed by atoms with E-state index in [2.05, 4.69) is 27.7 Å². The molecule has 0 fully saturated rings. The van der Waals surface area contributed by atoms with E-state index in [1.165, 1.54) is 25.0 Å². The Bertz CT molecular complexity index is 608. The minimum atomic E-state index is -0.953. The minimum absolute atomic E-state index is 0.285. The van der Waals surface area contributed by atoms with Crippen LogP contribution in [0.5, 0.6) is 0 Å². The number of rotatable bonds is 16. The molecule has 0 spiro atoms. The van der Waals surface area contributed by atoms with Gasteiger partial charge in [0, 0.05) is 0 Å². The third-order valence-corrected chi connectivity index (χ3v) is 6.46. The maximum Gasteiger partial charge on any atom is 0.335 e. The highest BCUT2D eigenvalue weighted by molar-refractivity contribution is 5.95. The Morgan fingerprint density at radius 2 is 1.07 bits per heavy atom. The number of hydrogen-bond donors (Lipinski definition) is 2. The van der Waals surface area contributed by atoms with Crippen molar-refractivity contribution in [1.82, 2.24) is 0 Å². The summed E-state index contributed by atoms with van der Waals surface area (Å²) in [5.74, 6) is -1.13. The standard InChI is InChI=1S/C26H42O4/c1-5-9-11-13-19(7-3)17-23-21(25(27)28)15-16-22(26(29)30)24(23)18-20(8-4)14-12-10-6-2/h15-16,19-20H,5-14,17-18H2,1-4H3,(H,27,28)(H,29,30). The molecule has 30 heavy (non-hydrogen) atoms. The minimum Gasteiger partial charge on any atom is -0.478 e. The second kappa shape index (κ2) is 14.2. The summed E-state index contributed by atoms with van der Waals surface area (Å²) < 4.78 is 0. The van der Waals surface area contributed by atoms with Gasteiger partial charge in [0.05, 0.1) is 11.1 Å². The summed E-state index contributed by atoms with van der Waals surface area (Å²) in [6, 6.07) is 3.00. The molecule has 0 aliphatic heterocycles. The predicted molar refractivity (Wildman–Crippen MR) is 124 cm³/mol. The lowest BCUT2D eigenvalue weighted by Gasteiger charge is -2.23. The zero-order valence-corrected chi connectivity index (χ0v) is 19.5. The van der Waals surface area contributed by atoms with Crippen LogP contribution < -0.4 is 0 Å². The zero-order valence-electron chi connectivity index (χ0n) is 19.5. The summed E-state index contributed by atoms with van der Waals surface area (Å²) in [5.41, 5.74) is 2.10. The molecule has 0 radical (unpaired) electrons. The molecule has 0 saturated heterocycles. The molecule has 1 rings (SSSR count). The zero-order chi connectivity index (χ0) is 22.5. The van der Waals surface area contributed by atoms with Gasteiger partial charge in [-0.2, -0.15) is 0 Å². The number of carboxylic acid groups (broad SMARTS) is 2. The Labute approximate surface area is 183 Å². The quantitative estimate of drug-likeness (QED) is 0.275. The summed E-state index contributed by atoms with van der Waals surface area (Å²) >= 11 is 0. The van der Waals surface area contributed by atoms with Crippen molar-refractivity contribution in [3.63, 3.8) is 0 Å². The molecule has 0 aromatic heterocycles. The van der Waals surface area contributed by atoms with Crippen molar-refractivity contribution >= 4 is 11.9 Å². The molecule has 0 bridgehead atoms. The Morgan fingerprint density at radius 1 is 0.700 bits per heavy atom. The summed E-state index contributed by atoms with van der Waals surface area (Å²) in [4.78, 5) is 24.0. The second-order valence-corrected chi connectivity index (χ2v) is 8.68. The van der Waals surface area contributed by atoms with Crippen molar-refractivity contribution in [3.05, 3.63) is 34.4 Å². The van der Waals surface area contributed by atoms with Crippen LogP contribution in [-0.2, 0) is 12.8 Å². The first-order valence-electron chi connectivity index (χ1n) is 12.0. The maximum absolute atomic E-state index is 12.0. The van der Waals surface area contributed by atoms with Gasteiger partial charge in [0.15, 0.2) is 0 Å². The first-order chi connectivity index (χ1) is 14.4. The number of hydrogen-bond acceptors (Lipinski definition) is 2. The molecule has 1 aromatic carbocycles. The van der Waals surface area contributed by atoms with Crippen LogP contribution in [0.2, 0.25) is 0 Å². The van der Waals surface area contributed by atoms with Crippen LogP contribution in [0.4, 0.5) is 0 Å². The van der Waals surface area contributed by atoms with Gasteiger partial charge in [0.1, 0.15) is 0 Å². The number of benzene rings is 1. The van der Waals surface area contributed by atoms with Crippen molar-refractivity contribution in [2.24, 2.45) is 11.8 Å². The van der Waals surface area contributed by atoms with Crippen LogP contribution >= 0.6 is 0 Å². The van der Waals surface area contributed by atoms with Crippen LogP contribution in [0.15, 0.2) is 12.1 Å².